The van der Waals surface area contributed by atoms with Crippen LogP contribution in [0.2, 0.25) is 0 Å². The predicted octanol–water partition coefficient (Wildman–Crippen LogP) is 4.51. The van der Waals surface area contributed by atoms with Gasteiger partial charge in [-0.05, 0) is 42.5 Å². The van der Waals surface area contributed by atoms with Gasteiger partial charge >= 0.3 is 0 Å². The molecule has 2 aromatic rings. The van der Waals surface area contributed by atoms with E-state index in [4.69, 9.17) is 0 Å². The Kier molecular flexibility index (Phi) is 3.61. The molecule has 1 nitrogen and oxygen atoms in total. The van der Waals surface area contributed by atoms with Crippen LogP contribution in [0.3, 0.4) is 0 Å². The molecule has 0 radical (unpaired) electrons. The van der Waals surface area contributed by atoms with Crippen molar-refractivity contribution >= 4 is 17.0 Å². The van der Waals surface area contributed by atoms with Gasteiger partial charge in [0.2, 0.25) is 0 Å². The molecule has 100 valence electrons. The summed E-state index contributed by atoms with van der Waals surface area (Å²) in [6, 6.07) is 13.4. The van der Waals surface area contributed by atoms with Crippen LogP contribution in [0.25, 0.3) is 0 Å². The van der Waals surface area contributed by atoms with Gasteiger partial charge in [-0.3, -0.25) is 0 Å². The van der Waals surface area contributed by atoms with Crippen molar-refractivity contribution in [3.8, 4) is 0 Å². The SMILES string of the molecule is CC(C)Cc1ccc(CN2CCc3ccccc32)s1. The minimum Gasteiger partial charge on any atom is -0.366 e. The third-order valence-electron chi connectivity index (χ3n) is 3.66. The quantitative estimate of drug-likeness (QED) is 0.791. The van der Waals surface area contributed by atoms with Crippen LogP contribution in [-0.2, 0) is 19.4 Å². The smallest absolute Gasteiger partial charge is 0.0523 e. The Bertz CT molecular complexity index is 556. The van der Waals surface area contributed by atoms with Gasteiger partial charge < -0.3 is 4.90 Å². The molecule has 0 atom stereocenters. The highest BCUT2D eigenvalue weighted by molar-refractivity contribution is 7.12. The predicted molar refractivity (Wildman–Crippen MR) is 84.1 cm³/mol. The molecule has 19 heavy (non-hydrogen) atoms. The van der Waals surface area contributed by atoms with Crippen molar-refractivity contribution in [2.24, 2.45) is 5.92 Å². The van der Waals surface area contributed by atoms with Crippen molar-refractivity contribution < 1.29 is 0 Å². The number of para-hydroxylation sites is 1. The lowest BCUT2D eigenvalue weighted by Crippen LogP contribution is -2.18. The van der Waals surface area contributed by atoms with Crippen molar-refractivity contribution in [1.82, 2.24) is 0 Å². The molecule has 0 fully saturated rings. The Hall–Kier alpha value is -1.28. The van der Waals surface area contributed by atoms with Crippen LogP contribution in [0.5, 0.6) is 0 Å². The Morgan fingerprint density at radius 1 is 1.11 bits per heavy atom. The van der Waals surface area contributed by atoms with Crippen LogP contribution in [0.1, 0.15) is 29.2 Å². The largest absolute Gasteiger partial charge is 0.366 e. The van der Waals surface area contributed by atoms with Gasteiger partial charge in [0.1, 0.15) is 0 Å². The molecule has 0 unspecified atom stereocenters. The molecule has 0 spiro atoms. The summed E-state index contributed by atoms with van der Waals surface area (Å²) in [5.74, 6) is 0.749. The van der Waals surface area contributed by atoms with Crippen LogP contribution < -0.4 is 4.90 Å². The van der Waals surface area contributed by atoms with E-state index in [1.165, 1.54) is 33.8 Å². The molecule has 3 rings (SSSR count). The molecule has 1 aliphatic rings. The van der Waals surface area contributed by atoms with E-state index < -0.39 is 0 Å². The number of hydrogen-bond donors (Lipinski definition) is 0. The Morgan fingerprint density at radius 3 is 2.74 bits per heavy atom. The van der Waals surface area contributed by atoms with Crippen LogP contribution in [0.15, 0.2) is 36.4 Å². The molecule has 0 amide bonds. The summed E-state index contributed by atoms with van der Waals surface area (Å²) in [5.41, 5.74) is 2.93. The first kappa shape index (κ1) is 12.7. The number of rotatable bonds is 4. The van der Waals surface area contributed by atoms with E-state index in [-0.39, 0.29) is 0 Å². The standard InChI is InChI=1S/C17H21NS/c1-13(2)11-15-7-8-16(19-15)12-18-10-9-14-5-3-4-6-17(14)18/h3-8,13H,9-12H2,1-2H3. The lowest BCUT2D eigenvalue weighted by Gasteiger charge is -2.18. The lowest BCUT2D eigenvalue weighted by molar-refractivity contribution is 0.654. The number of thiophene rings is 1. The maximum absolute atomic E-state index is 2.51. The highest BCUT2D eigenvalue weighted by Crippen LogP contribution is 2.30. The zero-order valence-electron chi connectivity index (χ0n) is 11.7. The third-order valence-corrected chi connectivity index (χ3v) is 4.75. The molecule has 1 aliphatic heterocycles. The minimum absolute atomic E-state index is 0.749. The van der Waals surface area contributed by atoms with E-state index in [0.29, 0.717) is 0 Å². The van der Waals surface area contributed by atoms with Crippen molar-refractivity contribution in [2.45, 2.75) is 33.2 Å². The van der Waals surface area contributed by atoms with Crippen LogP contribution in [-0.4, -0.2) is 6.54 Å². The highest BCUT2D eigenvalue weighted by atomic mass is 32.1. The third kappa shape index (κ3) is 2.84. The molecule has 0 bridgehead atoms. The molecule has 0 N–H and O–H groups in total. The fourth-order valence-corrected chi connectivity index (χ4v) is 4.02. The first-order valence-electron chi connectivity index (χ1n) is 7.13. The second-order valence-corrected chi connectivity index (χ2v) is 7.02. The maximum atomic E-state index is 2.51. The van der Waals surface area contributed by atoms with Crippen molar-refractivity contribution in [2.75, 3.05) is 11.4 Å². The average molecular weight is 271 g/mol. The van der Waals surface area contributed by atoms with Crippen LogP contribution in [0.4, 0.5) is 5.69 Å². The van der Waals surface area contributed by atoms with Crippen molar-refractivity contribution in [3.05, 3.63) is 51.7 Å². The molecular weight excluding hydrogens is 250 g/mol. The van der Waals surface area contributed by atoms with Gasteiger partial charge in [0.25, 0.3) is 0 Å². The van der Waals surface area contributed by atoms with Crippen LogP contribution >= 0.6 is 11.3 Å². The fourth-order valence-electron chi connectivity index (χ4n) is 2.78. The van der Waals surface area contributed by atoms with Crippen molar-refractivity contribution in [3.63, 3.8) is 0 Å². The minimum atomic E-state index is 0.749. The molecule has 2 heteroatoms. The number of anilines is 1. The Labute approximate surface area is 119 Å². The lowest BCUT2D eigenvalue weighted by atomic mass is 10.1. The number of nitrogens with zero attached hydrogens (tertiary/aromatic N) is 1. The molecule has 0 aliphatic carbocycles. The van der Waals surface area contributed by atoms with Crippen molar-refractivity contribution in [1.29, 1.82) is 0 Å². The first-order chi connectivity index (χ1) is 9.22. The van der Waals surface area contributed by atoms with Gasteiger partial charge in [0.05, 0.1) is 6.54 Å². The Balaban J connectivity index is 1.71. The van der Waals surface area contributed by atoms with Gasteiger partial charge in [-0.1, -0.05) is 32.0 Å². The van der Waals surface area contributed by atoms with Gasteiger partial charge in [-0.2, -0.15) is 0 Å². The summed E-state index contributed by atoms with van der Waals surface area (Å²) in [7, 11) is 0. The maximum Gasteiger partial charge on any atom is 0.0523 e. The Morgan fingerprint density at radius 2 is 1.89 bits per heavy atom. The van der Waals surface area contributed by atoms with E-state index in [2.05, 4.69) is 55.1 Å². The zero-order valence-corrected chi connectivity index (χ0v) is 12.5. The van der Waals surface area contributed by atoms with Crippen LogP contribution in [0, 0.1) is 5.92 Å². The topological polar surface area (TPSA) is 3.24 Å². The molecule has 0 saturated carbocycles. The van der Waals surface area contributed by atoms with E-state index in [1.54, 1.807) is 0 Å². The molecule has 1 aromatic heterocycles. The first-order valence-corrected chi connectivity index (χ1v) is 7.94. The van der Waals surface area contributed by atoms with E-state index >= 15 is 0 Å². The number of hydrogen-bond acceptors (Lipinski definition) is 2. The molecule has 0 saturated heterocycles. The second-order valence-electron chi connectivity index (χ2n) is 5.77. The average Bonchev–Trinajstić information content (AvgIpc) is 2.97. The molecule has 2 heterocycles. The summed E-state index contributed by atoms with van der Waals surface area (Å²) < 4.78 is 0. The molecule has 1 aromatic carbocycles. The second kappa shape index (κ2) is 5.38. The zero-order chi connectivity index (χ0) is 13.2. The highest BCUT2D eigenvalue weighted by Gasteiger charge is 2.18. The monoisotopic (exact) mass is 271 g/mol. The van der Waals surface area contributed by atoms with E-state index in [0.717, 1.165) is 19.0 Å². The molecular formula is C17H21NS. The number of benzene rings is 1. The van der Waals surface area contributed by atoms with Gasteiger partial charge in [0.15, 0.2) is 0 Å². The van der Waals surface area contributed by atoms with E-state index in [1.807, 2.05) is 11.3 Å². The summed E-state index contributed by atoms with van der Waals surface area (Å²) >= 11 is 1.98. The normalized spacial score (nSPS) is 14.2. The summed E-state index contributed by atoms with van der Waals surface area (Å²) in [5, 5.41) is 0. The van der Waals surface area contributed by atoms with Gasteiger partial charge in [0, 0.05) is 22.0 Å². The summed E-state index contributed by atoms with van der Waals surface area (Å²) in [6.07, 6.45) is 2.40. The van der Waals surface area contributed by atoms with E-state index in [9.17, 15) is 0 Å². The van der Waals surface area contributed by atoms with Gasteiger partial charge in [-0.15, -0.1) is 11.3 Å². The fraction of sp³-hybridized carbons (Fsp3) is 0.412. The number of fused-ring (bicyclic) bond motifs is 1. The summed E-state index contributed by atoms with van der Waals surface area (Å²) in [6.45, 7) is 6.81. The van der Waals surface area contributed by atoms with Gasteiger partial charge in [-0.25, -0.2) is 0 Å². The summed E-state index contributed by atoms with van der Waals surface area (Å²) in [4.78, 5) is 5.53.